The van der Waals surface area contributed by atoms with Crippen LogP contribution in [0, 0.1) is 20.8 Å². The Morgan fingerprint density at radius 2 is 1.64 bits per heavy atom. The molecule has 14 heavy (non-hydrogen) atoms. The molecule has 0 heterocycles. The van der Waals surface area contributed by atoms with Crippen LogP contribution >= 0.6 is 0 Å². The minimum atomic E-state index is 0.301. The van der Waals surface area contributed by atoms with Crippen LogP contribution in [-0.2, 0) is 6.42 Å². The van der Waals surface area contributed by atoms with Gasteiger partial charge in [-0.2, -0.15) is 0 Å². The molecule has 0 bridgehead atoms. The second-order valence-electron chi connectivity index (χ2n) is 4.39. The van der Waals surface area contributed by atoms with Crippen molar-refractivity contribution < 1.29 is 0 Å². The fraction of sp³-hybridized carbons (Fsp3) is 0.538. The Balaban J connectivity index is 2.86. The van der Waals surface area contributed by atoms with Gasteiger partial charge >= 0.3 is 0 Å². The van der Waals surface area contributed by atoms with Crippen LogP contribution in [0.25, 0.3) is 0 Å². The van der Waals surface area contributed by atoms with Crippen molar-refractivity contribution in [1.29, 1.82) is 0 Å². The third-order valence-electron chi connectivity index (χ3n) is 2.69. The van der Waals surface area contributed by atoms with Gasteiger partial charge in [0.25, 0.3) is 0 Å². The minimum Gasteiger partial charge on any atom is -0.328 e. The summed E-state index contributed by atoms with van der Waals surface area (Å²) in [7, 11) is 0. The van der Waals surface area contributed by atoms with E-state index in [2.05, 4.69) is 39.8 Å². The lowest BCUT2D eigenvalue weighted by molar-refractivity contribution is 0.663. The molecule has 0 aliphatic rings. The average Bonchev–Trinajstić information content (AvgIpc) is 2.01. The summed E-state index contributed by atoms with van der Waals surface area (Å²) in [5, 5.41) is 0. The van der Waals surface area contributed by atoms with E-state index in [-0.39, 0.29) is 0 Å². The zero-order valence-corrected chi connectivity index (χ0v) is 9.72. The summed E-state index contributed by atoms with van der Waals surface area (Å²) in [6.07, 6.45) is 2.18. The molecule has 2 N–H and O–H groups in total. The standard InChI is InChI=1S/C13H21N/c1-9-7-10(2)13(11(3)8-9)6-5-12(4)14/h7-8,12H,5-6,14H2,1-4H3/t12-/m0/s1. The molecule has 1 aromatic rings. The maximum Gasteiger partial charge on any atom is 0.00136 e. The lowest BCUT2D eigenvalue weighted by Gasteiger charge is -2.12. The molecule has 1 rings (SSSR count). The predicted molar refractivity (Wildman–Crippen MR) is 62.6 cm³/mol. The topological polar surface area (TPSA) is 26.0 Å². The molecule has 0 aliphatic heterocycles. The summed E-state index contributed by atoms with van der Waals surface area (Å²) in [4.78, 5) is 0. The van der Waals surface area contributed by atoms with Gasteiger partial charge < -0.3 is 5.73 Å². The zero-order chi connectivity index (χ0) is 10.7. The summed E-state index contributed by atoms with van der Waals surface area (Å²) in [6, 6.07) is 4.81. The summed E-state index contributed by atoms with van der Waals surface area (Å²) >= 11 is 0. The molecule has 0 unspecified atom stereocenters. The molecule has 1 heteroatoms. The Hall–Kier alpha value is -0.820. The second kappa shape index (κ2) is 4.61. The zero-order valence-electron chi connectivity index (χ0n) is 9.72. The van der Waals surface area contributed by atoms with Crippen LogP contribution in [0.4, 0.5) is 0 Å². The van der Waals surface area contributed by atoms with Gasteiger partial charge in [0.15, 0.2) is 0 Å². The molecule has 0 spiro atoms. The van der Waals surface area contributed by atoms with E-state index < -0.39 is 0 Å². The van der Waals surface area contributed by atoms with Crippen molar-refractivity contribution in [3.8, 4) is 0 Å². The quantitative estimate of drug-likeness (QED) is 0.781. The first-order valence-electron chi connectivity index (χ1n) is 5.33. The molecular formula is C13H21N. The largest absolute Gasteiger partial charge is 0.328 e. The van der Waals surface area contributed by atoms with Gasteiger partial charge in [-0.1, -0.05) is 17.7 Å². The normalized spacial score (nSPS) is 12.9. The van der Waals surface area contributed by atoms with Crippen molar-refractivity contribution in [1.82, 2.24) is 0 Å². The van der Waals surface area contributed by atoms with Gasteiger partial charge in [0, 0.05) is 6.04 Å². The molecule has 0 fully saturated rings. The highest BCUT2D eigenvalue weighted by Crippen LogP contribution is 2.18. The lowest BCUT2D eigenvalue weighted by Crippen LogP contribution is -2.16. The molecule has 0 aromatic heterocycles. The van der Waals surface area contributed by atoms with Crippen molar-refractivity contribution in [3.63, 3.8) is 0 Å². The predicted octanol–water partition coefficient (Wildman–Crippen LogP) is 2.89. The second-order valence-corrected chi connectivity index (χ2v) is 4.39. The SMILES string of the molecule is Cc1cc(C)c(CC[C@H](C)N)c(C)c1. The summed E-state index contributed by atoms with van der Waals surface area (Å²) in [5.41, 5.74) is 11.4. The van der Waals surface area contributed by atoms with Gasteiger partial charge in [-0.05, 0) is 57.2 Å². The van der Waals surface area contributed by atoms with E-state index in [0.717, 1.165) is 12.8 Å². The Morgan fingerprint density at radius 1 is 1.14 bits per heavy atom. The monoisotopic (exact) mass is 191 g/mol. The van der Waals surface area contributed by atoms with Gasteiger partial charge in [0.1, 0.15) is 0 Å². The van der Waals surface area contributed by atoms with E-state index >= 15 is 0 Å². The number of hydrogen-bond donors (Lipinski definition) is 1. The van der Waals surface area contributed by atoms with Crippen LogP contribution in [0.2, 0.25) is 0 Å². The van der Waals surface area contributed by atoms with E-state index in [1.165, 1.54) is 22.3 Å². The third kappa shape index (κ3) is 2.85. The highest BCUT2D eigenvalue weighted by atomic mass is 14.6. The maximum atomic E-state index is 5.77. The van der Waals surface area contributed by atoms with Crippen LogP contribution in [0.5, 0.6) is 0 Å². The highest BCUT2D eigenvalue weighted by Gasteiger charge is 2.04. The molecule has 0 saturated carbocycles. The molecule has 78 valence electrons. The average molecular weight is 191 g/mol. The van der Waals surface area contributed by atoms with Crippen molar-refractivity contribution in [2.45, 2.75) is 46.6 Å². The Bertz CT molecular complexity index is 290. The molecule has 1 atom stereocenters. The van der Waals surface area contributed by atoms with Gasteiger partial charge in [0.05, 0.1) is 0 Å². The molecule has 0 saturated heterocycles. The van der Waals surface area contributed by atoms with Crippen LogP contribution in [0.15, 0.2) is 12.1 Å². The smallest absolute Gasteiger partial charge is 0.00136 e. The number of aryl methyl sites for hydroxylation is 3. The van der Waals surface area contributed by atoms with Crippen molar-refractivity contribution >= 4 is 0 Å². The minimum absolute atomic E-state index is 0.301. The molecule has 0 amide bonds. The van der Waals surface area contributed by atoms with E-state index in [1.54, 1.807) is 0 Å². The molecule has 0 radical (unpaired) electrons. The first-order valence-corrected chi connectivity index (χ1v) is 5.33. The van der Waals surface area contributed by atoms with Crippen LogP contribution in [-0.4, -0.2) is 6.04 Å². The van der Waals surface area contributed by atoms with E-state index in [0.29, 0.717) is 6.04 Å². The fourth-order valence-electron chi connectivity index (χ4n) is 1.98. The molecule has 1 aromatic carbocycles. The summed E-state index contributed by atoms with van der Waals surface area (Å²) in [6.45, 7) is 8.60. The Morgan fingerprint density at radius 3 is 2.07 bits per heavy atom. The van der Waals surface area contributed by atoms with E-state index in [1.807, 2.05) is 0 Å². The van der Waals surface area contributed by atoms with Crippen LogP contribution in [0.1, 0.15) is 35.6 Å². The first kappa shape index (κ1) is 11.3. The molecule has 0 aliphatic carbocycles. The van der Waals surface area contributed by atoms with Crippen LogP contribution in [0.3, 0.4) is 0 Å². The number of rotatable bonds is 3. The summed E-state index contributed by atoms with van der Waals surface area (Å²) in [5.74, 6) is 0. The summed E-state index contributed by atoms with van der Waals surface area (Å²) < 4.78 is 0. The van der Waals surface area contributed by atoms with Gasteiger partial charge in [-0.25, -0.2) is 0 Å². The molecule has 1 nitrogen and oxygen atoms in total. The first-order chi connectivity index (χ1) is 6.50. The van der Waals surface area contributed by atoms with E-state index in [4.69, 9.17) is 5.73 Å². The highest BCUT2D eigenvalue weighted by molar-refractivity contribution is 5.37. The van der Waals surface area contributed by atoms with Crippen molar-refractivity contribution in [2.24, 2.45) is 5.73 Å². The van der Waals surface area contributed by atoms with E-state index in [9.17, 15) is 0 Å². The number of nitrogens with two attached hydrogens (primary N) is 1. The fourth-order valence-corrected chi connectivity index (χ4v) is 1.98. The Kier molecular flexibility index (Phi) is 3.70. The van der Waals surface area contributed by atoms with Crippen molar-refractivity contribution in [3.05, 3.63) is 34.4 Å². The van der Waals surface area contributed by atoms with Crippen LogP contribution < -0.4 is 5.73 Å². The molecular weight excluding hydrogens is 170 g/mol. The maximum absolute atomic E-state index is 5.77. The van der Waals surface area contributed by atoms with Gasteiger partial charge in [-0.3, -0.25) is 0 Å². The number of benzene rings is 1. The Labute approximate surface area is 87.3 Å². The third-order valence-corrected chi connectivity index (χ3v) is 2.69. The number of hydrogen-bond acceptors (Lipinski definition) is 1. The lowest BCUT2D eigenvalue weighted by atomic mass is 9.95. The van der Waals surface area contributed by atoms with Crippen molar-refractivity contribution in [2.75, 3.05) is 0 Å². The van der Waals surface area contributed by atoms with Gasteiger partial charge in [-0.15, -0.1) is 0 Å². The van der Waals surface area contributed by atoms with Gasteiger partial charge in [0.2, 0.25) is 0 Å².